The molecule has 0 saturated carbocycles. The van der Waals surface area contributed by atoms with Crippen molar-refractivity contribution in [2.75, 3.05) is 5.32 Å². The highest BCUT2D eigenvalue weighted by Gasteiger charge is 2.21. The van der Waals surface area contributed by atoms with Crippen LogP contribution in [-0.4, -0.2) is 25.1 Å². The third-order valence-corrected chi connectivity index (χ3v) is 4.81. The number of hydrogen-bond donors (Lipinski definition) is 2. The fraction of sp³-hybridized carbons (Fsp3) is 0.353. The monoisotopic (exact) mass is 325 g/mol. The zero-order chi connectivity index (χ0) is 16.8. The first-order valence-electron chi connectivity index (χ1n) is 8.03. The van der Waals surface area contributed by atoms with Crippen LogP contribution < -0.4 is 16.6 Å². The number of nitrogens with zero attached hydrogens (tertiary/aromatic N) is 3. The lowest BCUT2D eigenvalue weighted by molar-refractivity contribution is 0.603. The van der Waals surface area contributed by atoms with Gasteiger partial charge < -0.3 is 9.88 Å². The lowest BCUT2D eigenvalue weighted by Gasteiger charge is -2.25. The summed E-state index contributed by atoms with van der Waals surface area (Å²) >= 11 is 0. The molecule has 0 radical (unpaired) electrons. The number of aryl methyl sites for hydroxylation is 3. The van der Waals surface area contributed by atoms with E-state index < -0.39 is 11.2 Å². The van der Waals surface area contributed by atoms with Crippen LogP contribution in [0.3, 0.4) is 0 Å². The summed E-state index contributed by atoms with van der Waals surface area (Å²) in [5.41, 5.74) is 2.68. The van der Waals surface area contributed by atoms with E-state index in [0.717, 1.165) is 19.3 Å². The van der Waals surface area contributed by atoms with Crippen LogP contribution in [0.1, 0.15) is 17.5 Å². The van der Waals surface area contributed by atoms with Crippen molar-refractivity contribution in [2.24, 2.45) is 14.1 Å². The first-order valence-corrected chi connectivity index (χ1v) is 8.03. The van der Waals surface area contributed by atoms with Gasteiger partial charge in [-0.25, -0.2) is 4.79 Å². The van der Waals surface area contributed by atoms with E-state index in [1.54, 1.807) is 18.7 Å². The van der Waals surface area contributed by atoms with E-state index in [1.165, 1.54) is 15.7 Å². The van der Waals surface area contributed by atoms with Crippen LogP contribution in [0.5, 0.6) is 0 Å². The van der Waals surface area contributed by atoms with Crippen LogP contribution in [0, 0.1) is 0 Å². The molecule has 3 aromatic rings. The van der Waals surface area contributed by atoms with Gasteiger partial charge in [0.15, 0.2) is 11.2 Å². The Labute approximate surface area is 138 Å². The zero-order valence-corrected chi connectivity index (χ0v) is 13.7. The number of H-pyrrole nitrogens is 1. The highest BCUT2D eigenvalue weighted by atomic mass is 16.2. The predicted molar refractivity (Wildman–Crippen MR) is 92.5 cm³/mol. The molecule has 0 saturated heterocycles. The number of aromatic amines is 1. The van der Waals surface area contributed by atoms with E-state index in [-0.39, 0.29) is 6.04 Å². The molecule has 2 heterocycles. The van der Waals surface area contributed by atoms with Gasteiger partial charge in [-0.2, -0.15) is 4.98 Å². The lowest BCUT2D eigenvalue weighted by atomic mass is 9.88. The van der Waals surface area contributed by atoms with E-state index in [2.05, 4.69) is 39.6 Å². The Morgan fingerprint density at radius 2 is 1.92 bits per heavy atom. The summed E-state index contributed by atoms with van der Waals surface area (Å²) in [5, 5.41) is 3.44. The second kappa shape index (κ2) is 5.36. The number of aromatic nitrogens is 4. The van der Waals surface area contributed by atoms with Crippen molar-refractivity contribution >= 4 is 17.1 Å². The summed E-state index contributed by atoms with van der Waals surface area (Å²) in [6.45, 7) is 0. The van der Waals surface area contributed by atoms with Gasteiger partial charge in [0.05, 0.1) is 0 Å². The first kappa shape index (κ1) is 14.7. The van der Waals surface area contributed by atoms with E-state index in [9.17, 15) is 9.59 Å². The average Bonchev–Trinajstić information content (AvgIpc) is 2.90. The van der Waals surface area contributed by atoms with Crippen LogP contribution in [0.4, 0.5) is 5.95 Å². The second-order valence-electron chi connectivity index (χ2n) is 6.34. The fourth-order valence-corrected chi connectivity index (χ4v) is 3.44. The molecule has 0 amide bonds. The van der Waals surface area contributed by atoms with Crippen molar-refractivity contribution in [3.63, 3.8) is 0 Å². The smallest absolute Gasteiger partial charge is 0.329 e. The zero-order valence-electron chi connectivity index (χ0n) is 13.7. The maximum absolute atomic E-state index is 12.1. The number of hydrogen-bond acceptors (Lipinski definition) is 4. The third-order valence-electron chi connectivity index (χ3n) is 4.81. The Hall–Kier alpha value is -2.83. The van der Waals surface area contributed by atoms with Crippen LogP contribution in [0.15, 0.2) is 33.9 Å². The standard InChI is InChI=1S/C17H19N5O2/c1-21-13-14(22(2)17(24)20-15(13)23)19-16(21)18-12-8-7-10-5-3-4-6-11(10)9-12/h3-6,12H,7-9H2,1-2H3,(H,18,19)(H,20,23,24). The summed E-state index contributed by atoms with van der Waals surface area (Å²) in [7, 11) is 3.39. The van der Waals surface area contributed by atoms with Gasteiger partial charge in [-0.05, 0) is 30.4 Å². The summed E-state index contributed by atoms with van der Waals surface area (Å²) in [4.78, 5) is 30.6. The molecule has 4 rings (SSSR count). The second-order valence-corrected chi connectivity index (χ2v) is 6.34. The predicted octanol–water partition coefficient (Wildman–Crippen LogP) is 0.930. The van der Waals surface area contributed by atoms with Gasteiger partial charge in [-0.15, -0.1) is 0 Å². The minimum absolute atomic E-state index is 0.256. The van der Waals surface area contributed by atoms with Gasteiger partial charge >= 0.3 is 5.69 Å². The number of imidazole rings is 1. The third kappa shape index (κ3) is 2.24. The molecular formula is C17H19N5O2. The Balaban J connectivity index is 1.70. The highest BCUT2D eigenvalue weighted by molar-refractivity contribution is 5.74. The van der Waals surface area contributed by atoms with Gasteiger partial charge in [0.1, 0.15) is 0 Å². The molecule has 2 N–H and O–H groups in total. The summed E-state index contributed by atoms with van der Waals surface area (Å²) in [5.74, 6) is 0.612. The SMILES string of the molecule is Cn1c(NC2CCc3ccccc3C2)nc2c1c(=O)[nH]c(=O)n2C. The molecule has 1 aliphatic rings. The van der Waals surface area contributed by atoms with Crippen LogP contribution in [-0.2, 0) is 26.9 Å². The molecule has 7 nitrogen and oxygen atoms in total. The highest BCUT2D eigenvalue weighted by Crippen LogP contribution is 2.24. The van der Waals surface area contributed by atoms with Crippen LogP contribution >= 0.6 is 0 Å². The topological polar surface area (TPSA) is 84.7 Å². The van der Waals surface area contributed by atoms with Gasteiger partial charge in [0.25, 0.3) is 5.56 Å². The van der Waals surface area contributed by atoms with E-state index in [0.29, 0.717) is 17.1 Å². The summed E-state index contributed by atoms with van der Waals surface area (Å²) in [6.07, 6.45) is 2.96. The number of anilines is 1. The molecule has 7 heteroatoms. The molecule has 0 fully saturated rings. The van der Waals surface area contributed by atoms with Crippen molar-refractivity contribution < 1.29 is 0 Å². The Kier molecular flexibility index (Phi) is 3.30. The number of rotatable bonds is 2. The van der Waals surface area contributed by atoms with Gasteiger partial charge in [-0.1, -0.05) is 24.3 Å². The van der Waals surface area contributed by atoms with Gasteiger partial charge in [0.2, 0.25) is 5.95 Å². The van der Waals surface area contributed by atoms with E-state index in [1.807, 2.05) is 0 Å². The molecule has 24 heavy (non-hydrogen) atoms. The van der Waals surface area contributed by atoms with E-state index >= 15 is 0 Å². The van der Waals surface area contributed by atoms with Crippen molar-refractivity contribution in [2.45, 2.75) is 25.3 Å². The largest absolute Gasteiger partial charge is 0.353 e. The molecule has 1 unspecified atom stereocenters. The van der Waals surface area contributed by atoms with Crippen molar-refractivity contribution in [3.8, 4) is 0 Å². The molecule has 1 atom stereocenters. The molecular weight excluding hydrogens is 306 g/mol. The Morgan fingerprint density at radius 3 is 2.71 bits per heavy atom. The molecule has 1 aromatic carbocycles. The number of nitrogens with one attached hydrogen (secondary N) is 2. The molecule has 0 spiro atoms. The summed E-state index contributed by atoms with van der Waals surface area (Å²) < 4.78 is 3.08. The lowest BCUT2D eigenvalue weighted by Crippen LogP contribution is -2.29. The maximum atomic E-state index is 12.1. The normalized spacial score (nSPS) is 17.0. The first-order chi connectivity index (χ1) is 11.5. The molecule has 124 valence electrons. The summed E-state index contributed by atoms with van der Waals surface area (Å²) in [6, 6.07) is 8.73. The minimum atomic E-state index is -0.455. The maximum Gasteiger partial charge on any atom is 0.329 e. The number of benzene rings is 1. The minimum Gasteiger partial charge on any atom is -0.353 e. The van der Waals surface area contributed by atoms with Crippen molar-refractivity contribution in [3.05, 3.63) is 56.2 Å². The molecule has 0 bridgehead atoms. The van der Waals surface area contributed by atoms with Crippen LogP contribution in [0.25, 0.3) is 11.2 Å². The van der Waals surface area contributed by atoms with Gasteiger partial charge in [0, 0.05) is 20.1 Å². The molecule has 0 aliphatic heterocycles. The van der Waals surface area contributed by atoms with E-state index in [4.69, 9.17) is 0 Å². The fourth-order valence-electron chi connectivity index (χ4n) is 3.44. The Morgan fingerprint density at radius 1 is 1.17 bits per heavy atom. The van der Waals surface area contributed by atoms with Gasteiger partial charge in [-0.3, -0.25) is 14.3 Å². The molecule has 1 aliphatic carbocycles. The van der Waals surface area contributed by atoms with Crippen LogP contribution in [0.2, 0.25) is 0 Å². The molecule has 2 aromatic heterocycles. The average molecular weight is 325 g/mol. The van der Waals surface area contributed by atoms with Crippen molar-refractivity contribution in [1.82, 2.24) is 19.1 Å². The van der Waals surface area contributed by atoms with Crippen molar-refractivity contribution in [1.29, 1.82) is 0 Å². The Bertz CT molecular complexity index is 1040. The number of fused-ring (bicyclic) bond motifs is 2. The quantitative estimate of drug-likeness (QED) is 0.734.